The quantitative estimate of drug-likeness (QED) is 0.614. The molecular weight excluding hydrogens is 200 g/mol. The number of amides is 1. The molecule has 0 atom stereocenters. The molecule has 0 heterocycles. The SMILES string of the molecule is C=C(C)C(=O)Nc1cccc([N+](C)(C)C)c1. The number of quaternary nitrogens is 1. The fourth-order valence-corrected chi connectivity index (χ4v) is 1.24. The van der Waals surface area contributed by atoms with Crippen LogP contribution in [0.3, 0.4) is 0 Å². The summed E-state index contributed by atoms with van der Waals surface area (Å²) in [7, 11) is 6.25. The summed E-state index contributed by atoms with van der Waals surface area (Å²) in [6.07, 6.45) is 0. The zero-order chi connectivity index (χ0) is 12.3. The normalized spacial score (nSPS) is 11.0. The molecular formula is C13H19N2O+. The average Bonchev–Trinajstić information content (AvgIpc) is 2.16. The Hall–Kier alpha value is -1.61. The molecule has 0 unspecified atom stereocenters. The Balaban J connectivity index is 2.92. The van der Waals surface area contributed by atoms with Crippen molar-refractivity contribution in [1.29, 1.82) is 0 Å². The minimum absolute atomic E-state index is 0.140. The van der Waals surface area contributed by atoms with Crippen molar-refractivity contribution in [2.75, 3.05) is 26.5 Å². The summed E-state index contributed by atoms with van der Waals surface area (Å²) in [5.41, 5.74) is 2.45. The van der Waals surface area contributed by atoms with Crippen LogP contribution in [0.2, 0.25) is 0 Å². The molecule has 0 radical (unpaired) electrons. The number of rotatable bonds is 3. The largest absolute Gasteiger partial charge is 0.322 e. The molecule has 86 valence electrons. The second-order valence-corrected chi connectivity index (χ2v) is 4.80. The summed E-state index contributed by atoms with van der Waals surface area (Å²) < 4.78 is 0.719. The van der Waals surface area contributed by atoms with E-state index in [1.54, 1.807) is 6.92 Å². The third-order valence-corrected chi connectivity index (χ3v) is 2.27. The summed E-state index contributed by atoms with van der Waals surface area (Å²) >= 11 is 0. The molecule has 0 saturated carbocycles. The molecule has 0 aliphatic carbocycles. The summed E-state index contributed by atoms with van der Waals surface area (Å²) in [4.78, 5) is 11.5. The van der Waals surface area contributed by atoms with E-state index in [-0.39, 0.29) is 5.91 Å². The molecule has 1 amide bonds. The van der Waals surface area contributed by atoms with Crippen LogP contribution in [0.15, 0.2) is 36.4 Å². The number of benzene rings is 1. The monoisotopic (exact) mass is 219 g/mol. The predicted molar refractivity (Wildman–Crippen MR) is 69.5 cm³/mol. The second-order valence-electron chi connectivity index (χ2n) is 4.80. The van der Waals surface area contributed by atoms with Gasteiger partial charge >= 0.3 is 0 Å². The van der Waals surface area contributed by atoms with Gasteiger partial charge in [-0.3, -0.25) is 9.28 Å². The van der Waals surface area contributed by atoms with Gasteiger partial charge in [-0.1, -0.05) is 12.6 Å². The maximum absolute atomic E-state index is 11.5. The van der Waals surface area contributed by atoms with Crippen LogP contribution >= 0.6 is 0 Å². The van der Waals surface area contributed by atoms with Crippen molar-refractivity contribution in [1.82, 2.24) is 4.48 Å². The first-order valence-electron chi connectivity index (χ1n) is 5.19. The van der Waals surface area contributed by atoms with Gasteiger partial charge in [0.05, 0.1) is 21.1 Å². The molecule has 1 aromatic carbocycles. The van der Waals surface area contributed by atoms with Crippen molar-refractivity contribution in [3.63, 3.8) is 0 Å². The molecule has 0 spiro atoms. The number of hydrogen-bond acceptors (Lipinski definition) is 1. The van der Waals surface area contributed by atoms with Crippen LogP contribution in [0.5, 0.6) is 0 Å². The molecule has 0 aliphatic heterocycles. The van der Waals surface area contributed by atoms with Crippen molar-refractivity contribution >= 4 is 17.3 Å². The highest BCUT2D eigenvalue weighted by Gasteiger charge is 2.12. The third-order valence-electron chi connectivity index (χ3n) is 2.27. The molecule has 0 aromatic heterocycles. The Morgan fingerprint density at radius 2 is 1.94 bits per heavy atom. The molecule has 3 heteroatoms. The van der Waals surface area contributed by atoms with Crippen LogP contribution < -0.4 is 9.80 Å². The number of carbonyl (C=O) groups excluding carboxylic acids is 1. The summed E-state index contributed by atoms with van der Waals surface area (Å²) in [5, 5.41) is 2.81. The zero-order valence-electron chi connectivity index (χ0n) is 10.4. The highest BCUT2D eigenvalue weighted by atomic mass is 16.1. The predicted octanol–water partition coefficient (Wildman–Crippen LogP) is 2.40. The first-order valence-corrected chi connectivity index (χ1v) is 5.19. The second kappa shape index (κ2) is 4.49. The van der Waals surface area contributed by atoms with Gasteiger partial charge in [0.25, 0.3) is 5.91 Å². The van der Waals surface area contributed by atoms with E-state index in [0.717, 1.165) is 15.9 Å². The molecule has 0 aliphatic rings. The Morgan fingerprint density at radius 1 is 1.31 bits per heavy atom. The van der Waals surface area contributed by atoms with E-state index in [4.69, 9.17) is 0 Å². The fourth-order valence-electron chi connectivity index (χ4n) is 1.24. The average molecular weight is 219 g/mol. The Morgan fingerprint density at radius 3 is 2.44 bits per heavy atom. The van der Waals surface area contributed by atoms with Crippen LogP contribution in [0.1, 0.15) is 6.92 Å². The topological polar surface area (TPSA) is 29.1 Å². The van der Waals surface area contributed by atoms with Gasteiger partial charge in [-0.05, 0) is 19.1 Å². The number of nitrogens with zero attached hydrogens (tertiary/aromatic N) is 1. The van der Waals surface area contributed by atoms with E-state index in [9.17, 15) is 4.79 Å². The number of carbonyl (C=O) groups is 1. The van der Waals surface area contributed by atoms with E-state index in [1.165, 1.54) is 0 Å². The maximum atomic E-state index is 11.5. The van der Waals surface area contributed by atoms with Gasteiger partial charge in [-0.15, -0.1) is 0 Å². The summed E-state index contributed by atoms with van der Waals surface area (Å²) in [6.45, 7) is 5.30. The highest BCUT2D eigenvalue weighted by Crippen LogP contribution is 2.21. The van der Waals surface area contributed by atoms with Gasteiger partial charge in [0, 0.05) is 17.3 Å². The van der Waals surface area contributed by atoms with E-state index < -0.39 is 0 Å². The van der Waals surface area contributed by atoms with Gasteiger partial charge in [0.1, 0.15) is 5.69 Å². The van der Waals surface area contributed by atoms with Crippen LogP contribution in [0, 0.1) is 0 Å². The van der Waals surface area contributed by atoms with Gasteiger partial charge in [0.2, 0.25) is 0 Å². The number of hydrogen-bond donors (Lipinski definition) is 1. The molecule has 1 aromatic rings. The third kappa shape index (κ3) is 3.21. The van der Waals surface area contributed by atoms with Crippen LogP contribution in [-0.4, -0.2) is 27.1 Å². The van der Waals surface area contributed by atoms with Crippen molar-refractivity contribution in [3.8, 4) is 0 Å². The maximum Gasteiger partial charge on any atom is 0.250 e. The zero-order valence-corrected chi connectivity index (χ0v) is 10.4. The molecule has 0 bridgehead atoms. The minimum Gasteiger partial charge on any atom is -0.322 e. The van der Waals surface area contributed by atoms with Crippen molar-refractivity contribution in [2.45, 2.75) is 6.92 Å². The first kappa shape index (κ1) is 12.5. The molecule has 16 heavy (non-hydrogen) atoms. The lowest BCUT2D eigenvalue weighted by Crippen LogP contribution is -2.34. The standard InChI is InChI=1S/C13H18N2O/c1-10(2)13(16)14-11-7-6-8-12(9-11)15(3,4)5/h6-9H,1H2,2-5H3/p+1. The Kier molecular flexibility index (Phi) is 3.50. The van der Waals surface area contributed by atoms with Crippen molar-refractivity contribution in [3.05, 3.63) is 36.4 Å². The lowest BCUT2D eigenvalue weighted by molar-refractivity contribution is -0.112. The van der Waals surface area contributed by atoms with Gasteiger partial charge in [0.15, 0.2) is 0 Å². The van der Waals surface area contributed by atoms with E-state index >= 15 is 0 Å². The van der Waals surface area contributed by atoms with E-state index in [1.807, 2.05) is 24.3 Å². The highest BCUT2D eigenvalue weighted by molar-refractivity contribution is 6.02. The number of nitrogens with one attached hydrogen (secondary N) is 1. The molecule has 1 N–H and O–H groups in total. The van der Waals surface area contributed by atoms with Crippen LogP contribution in [0.4, 0.5) is 11.4 Å². The number of anilines is 1. The lowest BCUT2D eigenvalue weighted by atomic mass is 10.2. The fraction of sp³-hybridized carbons (Fsp3) is 0.308. The van der Waals surface area contributed by atoms with E-state index in [0.29, 0.717) is 5.57 Å². The molecule has 0 saturated heterocycles. The molecule has 0 fully saturated rings. The summed E-state index contributed by atoms with van der Waals surface area (Å²) in [5.74, 6) is -0.140. The smallest absolute Gasteiger partial charge is 0.250 e. The van der Waals surface area contributed by atoms with Gasteiger partial charge in [-0.2, -0.15) is 0 Å². The first-order chi connectivity index (χ1) is 7.30. The molecule has 3 nitrogen and oxygen atoms in total. The minimum atomic E-state index is -0.140. The van der Waals surface area contributed by atoms with E-state index in [2.05, 4.69) is 33.0 Å². The van der Waals surface area contributed by atoms with Crippen molar-refractivity contribution < 1.29 is 4.79 Å². The lowest BCUT2D eigenvalue weighted by Gasteiger charge is -2.23. The Labute approximate surface area is 97.0 Å². The Bertz CT molecular complexity index is 416. The summed E-state index contributed by atoms with van der Waals surface area (Å²) in [6, 6.07) is 7.82. The van der Waals surface area contributed by atoms with Gasteiger partial charge in [-0.25, -0.2) is 0 Å². The van der Waals surface area contributed by atoms with Crippen LogP contribution in [0.25, 0.3) is 0 Å². The molecule has 1 rings (SSSR count). The van der Waals surface area contributed by atoms with Gasteiger partial charge < -0.3 is 5.32 Å². The van der Waals surface area contributed by atoms with Crippen LogP contribution in [-0.2, 0) is 4.79 Å². The van der Waals surface area contributed by atoms with Crippen molar-refractivity contribution in [2.24, 2.45) is 0 Å².